The second-order valence-corrected chi connectivity index (χ2v) is 5.96. The lowest BCUT2D eigenvalue weighted by molar-refractivity contribution is 0.0690. The average molecular weight is 312 g/mol. The quantitative estimate of drug-likeness (QED) is 0.425. The van der Waals surface area contributed by atoms with Crippen LogP contribution < -0.4 is 0 Å². The molecule has 1 N–H and O–H groups in total. The summed E-state index contributed by atoms with van der Waals surface area (Å²) in [5.41, 5.74) is 0.753. The molecule has 1 aromatic rings. The first kappa shape index (κ1) is 16.2. The highest BCUT2D eigenvalue weighted by atomic mass is 32.2. The van der Waals surface area contributed by atoms with E-state index in [-0.39, 0.29) is 5.56 Å². The van der Waals surface area contributed by atoms with Crippen molar-refractivity contribution in [2.24, 2.45) is 0 Å². The van der Waals surface area contributed by atoms with Crippen LogP contribution in [0.25, 0.3) is 0 Å². The van der Waals surface area contributed by atoms with Gasteiger partial charge in [0.2, 0.25) is 0 Å². The van der Waals surface area contributed by atoms with Crippen LogP contribution in [0.15, 0.2) is 5.03 Å². The second kappa shape index (κ2) is 7.72. The number of methoxy groups -OCH3 is 1. The lowest BCUT2D eigenvalue weighted by atomic mass is 10.2. The molecule has 0 spiro atoms. The number of carboxylic acids is 1. The molecule has 0 aromatic carbocycles. The standard InChI is InChI=1S/C14H20N2O4S/c1-9-11(14(17)18)13(16-12(15-9)10-3-4-10)21-8-7-20-6-5-19-2/h10H,3-8H2,1-2H3,(H,17,18). The number of nitrogens with zero attached hydrogens (tertiary/aromatic N) is 2. The van der Waals surface area contributed by atoms with E-state index in [4.69, 9.17) is 9.47 Å². The number of aromatic nitrogens is 2. The molecule has 0 atom stereocenters. The summed E-state index contributed by atoms with van der Waals surface area (Å²) in [6, 6.07) is 0. The van der Waals surface area contributed by atoms with Gasteiger partial charge in [-0.05, 0) is 19.8 Å². The molecular weight excluding hydrogens is 292 g/mol. The topological polar surface area (TPSA) is 81.5 Å². The molecule has 1 saturated carbocycles. The van der Waals surface area contributed by atoms with Gasteiger partial charge in [0.1, 0.15) is 16.4 Å². The number of hydrogen-bond donors (Lipinski definition) is 1. The van der Waals surface area contributed by atoms with Gasteiger partial charge in [-0.15, -0.1) is 11.8 Å². The van der Waals surface area contributed by atoms with Gasteiger partial charge in [0, 0.05) is 18.8 Å². The largest absolute Gasteiger partial charge is 0.478 e. The first-order valence-electron chi connectivity index (χ1n) is 6.94. The van der Waals surface area contributed by atoms with E-state index in [9.17, 15) is 9.90 Å². The summed E-state index contributed by atoms with van der Waals surface area (Å²) in [5, 5.41) is 9.87. The summed E-state index contributed by atoms with van der Waals surface area (Å²) in [6.45, 7) is 3.37. The third-order valence-electron chi connectivity index (χ3n) is 3.13. The summed E-state index contributed by atoms with van der Waals surface area (Å²) in [6.07, 6.45) is 2.19. The van der Waals surface area contributed by atoms with Crippen molar-refractivity contribution in [1.82, 2.24) is 9.97 Å². The average Bonchev–Trinajstić information content (AvgIpc) is 3.26. The molecule has 7 heteroatoms. The van der Waals surface area contributed by atoms with E-state index >= 15 is 0 Å². The normalized spacial score (nSPS) is 14.4. The van der Waals surface area contributed by atoms with E-state index in [1.807, 2.05) is 0 Å². The lowest BCUT2D eigenvalue weighted by Crippen LogP contribution is -2.10. The maximum Gasteiger partial charge on any atom is 0.340 e. The Labute approximate surface area is 128 Å². The highest BCUT2D eigenvalue weighted by molar-refractivity contribution is 7.99. The van der Waals surface area contributed by atoms with Crippen LogP contribution >= 0.6 is 11.8 Å². The van der Waals surface area contributed by atoms with E-state index < -0.39 is 5.97 Å². The Morgan fingerprint density at radius 1 is 1.33 bits per heavy atom. The third kappa shape index (κ3) is 4.66. The van der Waals surface area contributed by atoms with Crippen molar-refractivity contribution >= 4 is 17.7 Å². The predicted octanol–water partition coefficient (Wildman–Crippen LogP) is 2.12. The Hall–Kier alpha value is -1.18. The summed E-state index contributed by atoms with van der Waals surface area (Å²) in [4.78, 5) is 20.1. The number of ether oxygens (including phenoxy) is 2. The van der Waals surface area contributed by atoms with Gasteiger partial charge in [0.05, 0.1) is 25.5 Å². The molecule has 6 nitrogen and oxygen atoms in total. The molecule has 1 heterocycles. The fraction of sp³-hybridized carbons (Fsp3) is 0.643. The van der Waals surface area contributed by atoms with Crippen LogP contribution in [-0.4, -0.2) is 53.7 Å². The molecule has 0 radical (unpaired) electrons. The summed E-state index contributed by atoms with van der Waals surface area (Å²) in [5.74, 6) is 0.867. The van der Waals surface area contributed by atoms with Crippen molar-refractivity contribution in [3.8, 4) is 0 Å². The number of carbonyl (C=O) groups is 1. The van der Waals surface area contributed by atoms with Crippen LogP contribution in [0.2, 0.25) is 0 Å². The molecule has 1 fully saturated rings. The zero-order chi connectivity index (χ0) is 15.2. The first-order chi connectivity index (χ1) is 10.1. The molecule has 0 aliphatic heterocycles. The van der Waals surface area contributed by atoms with E-state index in [2.05, 4.69) is 9.97 Å². The van der Waals surface area contributed by atoms with Gasteiger partial charge in [0.15, 0.2) is 0 Å². The minimum Gasteiger partial charge on any atom is -0.478 e. The molecule has 0 unspecified atom stereocenters. The second-order valence-electron chi connectivity index (χ2n) is 4.88. The first-order valence-corrected chi connectivity index (χ1v) is 7.93. The summed E-state index contributed by atoms with van der Waals surface area (Å²) >= 11 is 1.41. The minimum atomic E-state index is -0.974. The molecular formula is C14H20N2O4S. The van der Waals surface area contributed by atoms with Crippen LogP contribution in [-0.2, 0) is 9.47 Å². The molecule has 0 bridgehead atoms. The van der Waals surface area contributed by atoms with Crippen LogP contribution in [0.1, 0.15) is 40.6 Å². The van der Waals surface area contributed by atoms with E-state index in [1.54, 1.807) is 14.0 Å². The molecule has 21 heavy (non-hydrogen) atoms. The highest BCUT2D eigenvalue weighted by Crippen LogP contribution is 2.39. The van der Waals surface area contributed by atoms with Crippen molar-refractivity contribution in [3.63, 3.8) is 0 Å². The molecule has 0 saturated heterocycles. The predicted molar refractivity (Wildman–Crippen MR) is 79.1 cm³/mol. The summed E-state index contributed by atoms with van der Waals surface area (Å²) < 4.78 is 10.3. The van der Waals surface area contributed by atoms with Crippen molar-refractivity contribution < 1.29 is 19.4 Å². The SMILES string of the molecule is COCCOCCSc1nc(C2CC2)nc(C)c1C(=O)O. The van der Waals surface area contributed by atoms with Gasteiger partial charge in [-0.2, -0.15) is 0 Å². The van der Waals surface area contributed by atoms with Crippen molar-refractivity contribution in [1.29, 1.82) is 0 Å². The molecule has 116 valence electrons. The zero-order valence-electron chi connectivity index (χ0n) is 12.3. The van der Waals surface area contributed by atoms with Crippen LogP contribution in [0.3, 0.4) is 0 Å². The van der Waals surface area contributed by atoms with Crippen molar-refractivity contribution in [3.05, 3.63) is 17.1 Å². The molecule has 1 aromatic heterocycles. The van der Waals surface area contributed by atoms with E-state index in [0.717, 1.165) is 18.7 Å². The van der Waals surface area contributed by atoms with E-state index in [1.165, 1.54) is 11.8 Å². The third-order valence-corrected chi connectivity index (χ3v) is 4.07. The number of carboxylic acid groups (broad SMARTS) is 1. The van der Waals surface area contributed by atoms with Gasteiger partial charge in [-0.1, -0.05) is 0 Å². The fourth-order valence-electron chi connectivity index (χ4n) is 1.88. The van der Waals surface area contributed by atoms with Gasteiger partial charge in [0.25, 0.3) is 0 Å². The maximum atomic E-state index is 11.4. The Balaban J connectivity index is 2.00. The smallest absolute Gasteiger partial charge is 0.340 e. The number of aromatic carboxylic acids is 1. The van der Waals surface area contributed by atoms with Gasteiger partial charge >= 0.3 is 5.97 Å². The minimum absolute atomic E-state index is 0.210. The van der Waals surface area contributed by atoms with Crippen LogP contribution in [0.4, 0.5) is 0 Å². The highest BCUT2D eigenvalue weighted by Gasteiger charge is 2.29. The molecule has 1 aliphatic carbocycles. The van der Waals surface area contributed by atoms with Crippen molar-refractivity contribution in [2.45, 2.75) is 30.7 Å². The van der Waals surface area contributed by atoms with Crippen LogP contribution in [0.5, 0.6) is 0 Å². The monoisotopic (exact) mass is 312 g/mol. The number of rotatable bonds is 9. The Kier molecular flexibility index (Phi) is 5.96. The van der Waals surface area contributed by atoms with Crippen LogP contribution in [0, 0.1) is 6.92 Å². The fourth-order valence-corrected chi connectivity index (χ4v) is 2.82. The van der Waals surface area contributed by atoms with E-state index in [0.29, 0.717) is 42.2 Å². The Morgan fingerprint density at radius 2 is 2.10 bits per heavy atom. The number of aryl methyl sites for hydroxylation is 1. The maximum absolute atomic E-state index is 11.4. The Morgan fingerprint density at radius 3 is 2.71 bits per heavy atom. The number of thioether (sulfide) groups is 1. The summed E-state index contributed by atoms with van der Waals surface area (Å²) in [7, 11) is 1.63. The van der Waals surface area contributed by atoms with Gasteiger partial charge < -0.3 is 14.6 Å². The zero-order valence-corrected chi connectivity index (χ0v) is 13.1. The molecule has 2 rings (SSSR count). The van der Waals surface area contributed by atoms with Gasteiger partial charge in [-0.3, -0.25) is 0 Å². The lowest BCUT2D eigenvalue weighted by Gasteiger charge is -2.10. The Bertz CT molecular complexity index is 506. The van der Waals surface area contributed by atoms with Gasteiger partial charge in [-0.25, -0.2) is 14.8 Å². The molecule has 1 aliphatic rings. The molecule has 0 amide bonds. The van der Waals surface area contributed by atoms with Crippen molar-refractivity contribution in [2.75, 3.05) is 32.7 Å². The number of hydrogen-bond acceptors (Lipinski definition) is 6.